The molecule has 2 heterocycles. The minimum atomic E-state index is -0.473. The molecule has 106 valence electrons. The molecule has 10 heteroatoms. The Hall–Kier alpha value is -1.97. The fourth-order valence-corrected chi connectivity index (χ4v) is 3.22. The van der Waals surface area contributed by atoms with E-state index < -0.39 is 4.92 Å². The molecule has 2 aromatic heterocycles. The molecular formula is C11H6ClN5O2S2. The van der Waals surface area contributed by atoms with E-state index in [1.807, 2.05) is 12.1 Å². The summed E-state index contributed by atoms with van der Waals surface area (Å²) in [5.41, 5.74) is 0.851. The summed E-state index contributed by atoms with van der Waals surface area (Å²) in [7, 11) is 0. The summed E-state index contributed by atoms with van der Waals surface area (Å²) < 4.78 is 0.517. The van der Waals surface area contributed by atoms with Crippen LogP contribution in [0.1, 0.15) is 0 Å². The lowest BCUT2D eigenvalue weighted by Crippen LogP contribution is -1.80. The van der Waals surface area contributed by atoms with E-state index in [-0.39, 0.29) is 5.00 Å². The molecule has 0 unspecified atom stereocenters. The maximum absolute atomic E-state index is 10.6. The second-order valence-corrected chi connectivity index (χ2v) is 6.46. The topological polar surface area (TPSA) is 97.6 Å². The Morgan fingerprint density at radius 1 is 1.33 bits per heavy atom. The molecule has 0 saturated carbocycles. The minimum absolute atomic E-state index is 0.00837. The van der Waals surface area contributed by atoms with E-state index in [2.05, 4.69) is 20.2 Å². The van der Waals surface area contributed by atoms with Crippen LogP contribution in [0.15, 0.2) is 40.0 Å². The number of benzene rings is 1. The maximum atomic E-state index is 10.6. The first kappa shape index (κ1) is 14.0. The predicted molar refractivity (Wildman–Crippen MR) is 79.7 cm³/mol. The maximum Gasteiger partial charge on any atom is 0.344 e. The summed E-state index contributed by atoms with van der Waals surface area (Å²) in [5, 5.41) is 18.5. The second kappa shape index (κ2) is 5.80. The quantitative estimate of drug-likeness (QED) is 0.575. The van der Waals surface area contributed by atoms with E-state index in [0.717, 1.165) is 16.9 Å². The molecule has 0 radical (unpaired) electrons. The van der Waals surface area contributed by atoms with Gasteiger partial charge in [-0.1, -0.05) is 11.6 Å². The molecule has 0 atom stereocenters. The average Bonchev–Trinajstić information content (AvgIpc) is 3.10. The first-order valence-corrected chi connectivity index (χ1v) is 7.59. The van der Waals surface area contributed by atoms with Gasteiger partial charge in [0.2, 0.25) is 5.16 Å². The Morgan fingerprint density at radius 3 is 2.76 bits per heavy atom. The number of aromatic amines is 1. The van der Waals surface area contributed by atoms with Crippen molar-refractivity contribution in [3.05, 3.63) is 45.6 Å². The number of halogens is 1. The van der Waals surface area contributed by atoms with Crippen LogP contribution in [-0.4, -0.2) is 25.1 Å². The van der Waals surface area contributed by atoms with Crippen LogP contribution in [0.2, 0.25) is 5.02 Å². The van der Waals surface area contributed by atoms with Crippen LogP contribution in [0.5, 0.6) is 0 Å². The van der Waals surface area contributed by atoms with Crippen LogP contribution in [0.3, 0.4) is 0 Å². The Morgan fingerprint density at radius 2 is 2.10 bits per heavy atom. The first-order valence-electron chi connectivity index (χ1n) is 5.58. The number of nitrogens with one attached hydrogen (secondary N) is 1. The minimum Gasteiger partial charge on any atom is -0.258 e. The van der Waals surface area contributed by atoms with Crippen molar-refractivity contribution in [2.24, 2.45) is 0 Å². The molecule has 0 aliphatic rings. The molecule has 0 bridgehead atoms. The van der Waals surface area contributed by atoms with Crippen molar-refractivity contribution in [1.29, 1.82) is 0 Å². The average molecular weight is 340 g/mol. The van der Waals surface area contributed by atoms with Gasteiger partial charge in [0.1, 0.15) is 6.20 Å². The standard InChI is InChI=1S/C11H6ClN5O2S2/c12-7-3-1-6(2-4-7)9-14-10(16-15-9)21-11-13-5-8(20-11)17(18)19/h1-5H,(H,14,15,16). The summed E-state index contributed by atoms with van der Waals surface area (Å²) >= 11 is 7.98. The van der Waals surface area contributed by atoms with Crippen molar-refractivity contribution >= 4 is 39.7 Å². The van der Waals surface area contributed by atoms with Crippen molar-refractivity contribution in [2.75, 3.05) is 0 Å². The van der Waals surface area contributed by atoms with E-state index in [9.17, 15) is 10.1 Å². The molecule has 0 aliphatic carbocycles. The lowest BCUT2D eigenvalue weighted by molar-refractivity contribution is -0.380. The molecule has 0 spiro atoms. The van der Waals surface area contributed by atoms with Gasteiger partial charge >= 0.3 is 5.00 Å². The Balaban J connectivity index is 1.78. The smallest absolute Gasteiger partial charge is 0.258 e. The lowest BCUT2D eigenvalue weighted by Gasteiger charge is -1.94. The van der Waals surface area contributed by atoms with Gasteiger partial charge in [-0.3, -0.25) is 15.2 Å². The molecule has 0 amide bonds. The molecule has 21 heavy (non-hydrogen) atoms. The van der Waals surface area contributed by atoms with Gasteiger partial charge in [0, 0.05) is 10.6 Å². The molecule has 3 rings (SSSR count). The van der Waals surface area contributed by atoms with Crippen molar-refractivity contribution in [2.45, 2.75) is 9.50 Å². The Labute approximate surface area is 131 Å². The van der Waals surface area contributed by atoms with E-state index >= 15 is 0 Å². The third-order valence-electron chi connectivity index (χ3n) is 2.41. The summed E-state index contributed by atoms with van der Waals surface area (Å²) in [6.07, 6.45) is 1.22. The van der Waals surface area contributed by atoms with Gasteiger partial charge in [-0.15, -0.1) is 5.10 Å². The zero-order valence-corrected chi connectivity index (χ0v) is 12.6. The zero-order chi connectivity index (χ0) is 14.8. The van der Waals surface area contributed by atoms with Gasteiger partial charge in [-0.2, -0.15) is 0 Å². The van der Waals surface area contributed by atoms with Crippen LogP contribution in [0, 0.1) is 10.1 Å². The molecule has 1 aromatic carbocycles. The summed E-state index contributed by atoms with van der Waals surface area (Å²) in [4.78, 5) is 18.4. The number of nitro groups is 1. The van der Waals surface area contributed by atoms with Gasteiger partial charge in [0.25, 0.3) is 0 Å². The molecular weight excluding hydrogens is 334 g/mol. The van der Waals surface area contributed by atoms with Gasteiger partial charge in [0.05, 0.1) is 4.92 Å². The largest absolute Gasteiger partial charge is 0.344 e. The highest BCUT2D eigenvalue weighted by atomic mass is 35.5. The van der Waals surface area contributed by atoms with Crippen LogP contribution < -0.4 is 0 Å². The highest BCUT2D eigenvalue weighted by Gasteiger charge is 2.14. The van der Waals surface area contributed by atoms with E-state index in [4.69, 9.17) is 11.6 Å². The number of rotatable bonds is 4. The third-order valence-corrected chi connectivity index (χ3v) is 4.55. The predicted octanol–water partition coefficient (Wildman–Crippen LogP) is 3.64. The highest BCUT2D eigenvalue weighted by Crippen LogP contribution is 2.33. The first-order chi connectivity index (χ1) is 10.1. The van der Waals surface area contributed by atoms with Gasteiger partial charge < -0.3 is 0 Å². The van der Waals surface area contributed by atoms with Crippen LogP contribution in [0.4, 0.5) is 5.00 Å². The third kappa shape index (κ3) is 3.20. The molecule has 0 aliphatic heterocycles. The summed E-state index contributed by atoms with van der Waals surface area (Å²) in [6.45, 7) is 0. The fourth-order valence-electron chi connectivity index (χ4n) is 1.49. The van der Waals surface area contributed by atoms with Gasteiger partial charge in [-0.05, 0) is 47.4 Å². The number of H-pyrrole nitrogens is 1. The molecule has 7 nitrogen and oxygen atoms in total. The van der Waals surface area contributed by atoms with Crippen molar-refractivity contribution in [1.82, 2.24) is 20.2 Å². The molecule has 0 saturated heterocycles. The second-order valence-electron chi connectivity index (χ2n) is 3.80. The monoisotopic (exact) mass is 339 g/mol. The number of hydrogen-bond acceptors (Lipinski definition) is 7. The Bertz CT molecular complexity index is 786. The van der Waals surface area contributed by atoms with Crippen LogP contribution in [0.25, 0.3) is 11.4 Å². The van der Waals surface area contributed by atoms with E-state index in [1.165, 1.54) is 18.0 Å². The molecule has 0 fully saturated rings. The van der Waals surface area contributed by atoms with E-state index in [0.29, 0.717) is 20.3 Å². The SMILES string of the molecule is O=[N+]([O-])c1cnc(Sc2n[nH]c(-c3ccc(Cl)cc3)n2)s1. The normalized spacial score (nSPS) is 10.7. The highest BCUT2D eigenvalue weighted by molar-refractivity contribution is 8.00. The van der Waals surface area contributed by atoms with Crippen molar-refractivity contribution < 1.29 is 4.92 Å². The number of hydrogen-bond donors (Lipinski definition) is 1. The van der Waals surface area contributed by atoms with Gasteiger partial charge in [0.15, 0.2) is 10.2 Å². The van der Waals surface area contributed by atoms with Crippen molar-refractivity contribution in [3.8, 4) is 11.4 Å². The number of aromatic nitrogens is 4. The summed E-state index contributed by atoms with van der Waals surface area (Å²) in [6, 6.07) is 7.17. The van der Waals surface area contributed by atoms with Gasteiger partial charge in [-0.25, -0.2) is 9.97 Å². The lowest BCUT2D eigenvalue weighted by atomic mass is 10.2. The van der Waals surface area contributed by atoms with Crippen LogP contribution in [-0.2, 0) is 0 Å². The van der Waals surface area contributed by atoms with Crippen molar-refractivity contribution in [3.63, 3.8) is 0 Å². The van der Waals surface area contributed by atoms with Crippen LogP contribution >= 0.6 is 34.7 Å². The molecule has 3 aromatic rings. The summed E-state index contributed by atoms with van der Waals surface area (Å²) in [5.74, 6) is 0.597. The fraction of sp³-hybridized carbons (Fsp3) is 0. The number of nitrogens with zero attached hydrogens (tertiary/aromatic N) is 4. The zero-order valence-electron chi connectivity index (χ0n) is 10.2. The molecule has 1 N–H and O–H groups in total. The number of thiazole rings is 1. The Kier molecular flexibility index (Phi) is 3.86. The van der Waals surface area contributed by atoms with E-state index in [1.54, 1.807) is 12.1 Å².